The Balaban J connectivity index is 1.57. The lowest BCUT2D eigenvalue weighted by Gasteiger charge is -2.34. The third-order valence-corrected chi connectivity index (χ3v) is 4.70. The summed E-state index contributed by atoms with van der Waals surface area (Å²) in [6.45, 7) is 2.94. The Kier molecular flexibility index (Phi) is 5.48. The molecule has 2 aromatic rings. The zero-order valence-electron chi connectivity index (χ0n) is 14.9. The average molecular weight is 344 g/mol. The molecule has 5 nitrogen and oxygen atoms in total. The molecule has 1 unspecified atom stereocenters. The van der Waals surface area contributed by atoms with Gasteiger partial charge in [-0.2, -0.15) is 5.10 Å². The quantitative estimate of drug-likeness (QED) is 0.836. The third-order valence-electron chi connectivity index (χ3n) is 4.70. The van der Waals surface area contributed by atoms with E-state index in [-0.39, 0.29) is 17.6 Å². The van der Waals surface area contributed by atoms with Crippen molar-refractivity contribution in [1.82, 2.24) is 19.6 Å². The maximum atomic E-state index is 13.4. The molecular weight excluding hydrogens is 319 g/mol. The van der Waals surface area contributed by atoms with E-state index in [4.69, 9.17) is 0 Å². The molecule has 25 heavy (non-hydrogen) atoms. The lowest BCUT2D eigenvalue weighted by Crippen LogP contribution is -2.43. The third kappa shape index (κ3) is 4.66. The number of halogens is 1. The molecular formula is C19H25FN4O. The highest BCUT2D eigenvalue weighted by atomic mass is 19.1. The van der Waals surface area contributed by atoms with Crippen molar-refractivity contribution in [2.24, 2.45) is 13.0 Å². The summed E-state index contributed by atoms with van der Waals surface area (Å²) in [6, 6.07) is 6.70. The number of aryl methyl sites for hydroxylation is 1. The second-order valence-electron chi connectivity index (χ2n) is 6.92. The Morgan fingerprint density at radius 3 is 2.96 bits per heavy atom. The standard InChI is InChI=1S/C19H25FN4O/c1-22(11-16-10-21-23(2)12-16)19(25)17-6-4-8-24(14-17)13-15-5-3-7-18(20)9-15/h3,5,7,9-10,12,17H,4,6,8,11,13-14H2,1-2H3. The number of carbonyl (C=O) groups excluding carboxylic acids is 1. The van der Waals surface area contributed by atoms with Crippen molar-refractivity contribution in [2.75, 3.05) is 20.1 Å². The fourth-order valence-electron chi connectivity index (χ4n) is 3.51. The van der Waals surface area contributed by atoms with Gasteiger partial charge in [-0.1, -0.05) is 12.1 Å². The largest absolute Gasteiger partial charge is 0.341 e. The van der Waals surface area contributed by atoms with E-state index in [0.29, 0.717) is 13.1 Å². The monoisotopic (exact) mass is 344 g/mol. The van der Waals surface area contributed by atoms with E-state index in [1.54, 1.807) is 27.9 Å². The van der Waals surface area contributed by atoms with Gasteiger partial charge < -0.3 is 4.90 Å². The molecule has 0 saturated carbocycles. The molecule has 1 aromatic carbocycles. The number of amides is 1. The van der Waals surface area contributed by atoms with Crippen LogP contribution in [-0.4, -0.2) is 45.6 Å². The van der Waals surface area contributed by atoms with Crippen LogP contribution in [0.15, 0.2) is 36.7 Å². The highest BCUT2D eigenvalue weighted by Crippen LogP contribution is 2.21. The molecule has 0 spiro atoms. The van der Waals surface area contributed by atoms with Gasteiger partial charge in [0.1, 0.15) is 5.82 Å². The van der Waals surface area contributed by atoms with E-state index in [2.05, 4.69) is 10.00 Å². The Labute approximate surface area is 148 Å². The summed E-state index contributed by atoms with van der Waals surface area (Å²) in [7, 11) is 3.72. The van der Waals surface area contributed by atoms with Gasteiger partial charge in [0, 0.05) is 45.5 Å². The molecule has 6 heteroatoms. The van der Waals surface area contributed by atoms with Crippen molar-refractivity contribution in [1.29, 1.82) is 0 Å². The molecule has 134 valence electrons. The van der Waals surface area contributed by atoms with E-state index < -0.39 is 0 Å². The van der Waals surface area contributed by atoms with Crippen molar-refractivity contribution in [3.63, 3.8) is 0 Å². The van der Waals surface area contributed by atoms with Crippen LogP contribution in [0.4, 0.5) is 4.39 Å². The van der Waals surface area contributed by atoms with Crippen LogP contribution >= 0.6 is 0 Å². The van der Waals surface area contributed by atoms with Gasteiger partial charge >= 0.3 is 0 Å². The first-order chi connectivity index (χ1) is 12.0. The minimum absolute atomic E-state index is 0.00369. The summed E-state index contributed by atoms with van der Waals surface area (Å²) in [6.07, 6.45) is 5.63. The van der Waals surface area contributed by atoms with Crippen molar-refractivity contribution < 1.29 is 9.18 Å². The molecule has 0 aliphatic carbocycles. The van der Waals surface area contributed by atoms with Crippen molar-refractivity contribution in [3.05, 3.63) is 53.6 Å². The number of aromatic nitrogens is 2. The molecule has 1 aliphatic heterocycles. The van der Waals surface area contributed by atoms with Crippen LogP contribution in [0.1, 0.15) is 24.0 Å². The molecule has 0 N–H and O–H groups in total. The molecule has 0 bridgehead atoms. The van der Waals surface area contributed by atoms with Gasteiger partial charge in [0.2, 0.25) is 5.91 Å². The minimum Gasteiger partial charge on any atom is -0.341 e. The topological polar surface area (TPSA) is 41.4 Å². The summed E-state index contributed by atoms with van der Waals surface area (Å²) >= 11 is 0. The molecule has 1 amide bonds. The van der Waals surface area contributed by atoms with Gasteiger partial charge in [-0.15, -0.1) is 0 Å². The zero-order chi connectivity index (χ0) is 17.8. The molecule has 1 atom stereocenters. The molecule has 1 aromatic heterocycles. The van der Waals surface area contributed by atoms with E-state index in [1.165, 1.54) is 6.07 Å². The van der Waals surface area contributed by atoms with E-state index in [9.17, 15) is 9.18 Å². The van der Waals surface area contributed by atoms with Crippen LogP contribution in [0.3, 0.4) is 0 Å². The number of rotatable bonds is 5. The van der Waals surface area contributed by atoms with Crippen LogP contribution in [0.2, 0.25) is 0 Å². The second-order valence-corrected chi connectivity index (χ2v) is 6.92. The Morgan fingerprint density at radius 1 is 1.40 bits per heavy atom. The first-order valence-corrected chi connectivity index (χ1v) is 8.70. The average Bonchev–Trinajstić information content (AvgIpc) is 2.99. The van der Waals surface area contributed by atoms with Crippen LogP contribution in [0.5, 0.6) is 0 Å². The number of hydrogen-bond acceptors (Lipinski definition) is 3. The van der Waals surface area contributed by atoms with Gasteiger partial charge in [0.05, 0.1) is 12.1 Å². The summed E-state index contributed by atoms with van der Waals surface area (Å²) < 4.78 is 15.1. The normalized spacial score (nSPS) is 18.3. The zero-order valence-corrected chi connectivity index (χ0v) is 14.9. The number of nitrogens with zero attached hydrogens (tertiary/aromatic N) is 4. The Bertz CT molecular complexity index is 730. The number of benzene rings is 1. The molecule has 1 fully saturated rings. The fourth-order valence-corrected chi connectivity index (χ4v) is 3.51. The van der Waals surface area contributed by atoms with Gasteiger partial charge in [-0.3, -0.25) is 14.4 Å². The maximum Gasteiger partial charge on any atom is 0.227 e. The highest BCUT2D eigenvalue weighted by molar-refractivity contribution is 5.78. The van der Waals surface area contributed by atoms with Crippen LogP contribution in [0.25, 0.3) is 0 Å². The minimum atomic E-state index is -0.210. The summed E-state index contributed by atoms with van der Waals surface area (Å²) in [5.74, 6) is -0.0323. The first-order valence-electron chi connectivity index (χ1n) is 8.70. The first kappa shape index (κ1) is 17.6. The summed E-state index contributed by atoms with van der Waals surface area (Å²) in [4.78, 5) is 16.8. The van der Waals surface area contributed by atoms with Crippen molar-refractivity contribution >= 4 is 5.91 Å². The lowest BCUT2D eigenvalue weighted by molar-refractivity contribution is -0.136. The van der Waals surface area contributed by atoms with Crippen LogP contribution in [-0.2, 0) is 24.9 Å². The van der Waals surface area contributed by atoms with E-state index in [0.717, 1.165) is 37.1 Å². The van der Waals surface area contributed by atoms with Gasteiger partial charge in [0.15, 0.2) is 0 Å². The van der Waals surface area contributed by atoms with Crippen LogP contribution < -0.4 is 0 Å². The summed E-state index contributed by atoms with van der Waals surface area (Å²) in [5, 5.41) is 4.15. The number of likely N-dealkylation sites (tertiary alicyclic amines) is 1. The molecule has 1 saturated heterocycles. The second kappa shape index (κ2) is 7.78. The lowest BCUT2D eigenvalue weighted by atomic mass is 9.96. The Morgan fingerprint density at radius 2 is 2.24 bits per heavy atom. The van der Waals surface area contributed by atoms with E-state index in [1.807, 2.05) is 26.4 Å². The fraction of sp³-hybridized carbons (Fsp3) is 0.474. The predicted octanol–water partition coefficient (Wildman–Crippen LogP) is 2.43. The van der Waals surface area contributed by atoms with Gasteiger partial charge in [0.25, 0.3) is 0 Å². The summed E-state index contributed by atoms with van der Waals surface area (Å²) in [5.41, 5.74) is 1.99. The van der Waals surface area contributed by atoms with Crippen molar-refractivity contribution in [3.8, 4) is 0 Å². The smallest absolute Gasteiger partial charge is 0.227 e. The maximum absolute atomic E-state index is 13.4. The number of carbonyl (C=O) groups is 1. The van der Waals surface area contributed by atoms with Crippen LogP contribution in [0, 0.1) is 11.7 Å². The van der Waals surface area contributed by atoms with E-state index >= 15 is 0 Å². The molecule has 0 radical (unpaired) electrons. The molecule has 3 rings (SSSR count). The highest BCUT2D eigenvalue weighted by Gasteiger charge is 2.28. The molecule has 1 aliphatic rings. The molecule has 2 heterocycles. The van der Waals surface area contributed by atoms with Gasteiger partial charge in [-0.25, -0.2) is 4.39 Å². The van der Waals surface area contributed by atoms with Gasteiger partial charge in [-0.05, 0) is 37.1 Å². The predicted molar refractivity (Wildman–Crippen MR) is 94.1 cm³/mol. The SMILES string of the molecule is CN(Cc1cnn(C)c1)C(=O)C1CCCN(Cc2cccc(F)c2)C1. The number of piperidine rings is 1. The van der Waals surface area contributed by atoms with Crippen molar-refractivity contribution in [2.45, 2.75) is 25.9 Å². The Hall–Kier alpha value is -2.21. The number of hydrogen-bond donors (Lipinski definition) is 0.